The molecule has 17 heteroatoms. The minimum Gasteiger partial charge on any atom is -0.744 e. The van der Waals surface area contributed by atoms with Crippen molar-refractivity contribution >= 4 is 49.0 Å². The van der Waals surface area contributed by atoms with Crippen molar-refractivity contribution in [2.45, 2.75) is 81.0 Å². The fraction of sp³-hybridized carbons (Fsp3) is 0.302. The molecule has 2 aliphatic heterocycles. The van der Waals surface area contributed by atoms with E-state index in [1.54, 1.807) is 36.4 Å². The van der Waals surface area contributed by atoms with E-state index in [-0.39, 0.29) is 70.0 Å². The molecule has 6 rings (SSSR count). The molecule has 1 unspecified atom stereocenters. The van der Waals surface area contributed by atoms with E-state index in [1.807, 2.05) is 71.1 Å². The third kappa shape index (κ3) is 9.92. The number of nitrogens with two attached hydrogens (primary N) is 1. The first-order valence-corrected chi connectivity index (χ1v) is 22.0. The zero-order chi connectivity index (χ0) is 42.8. The van der Waals surface area contributed by atoms with E-state index in [2.05, 4.69) is 24.8 Å². The number of allylic oxidation sites excluding steroid dienone is 6. The average Bonchev–Trinajstić information content (AvgIpc) is 3.54. The van der Waals surface area contributed by atoms with E-state index in [4.69, 9.17) is 10.5 Å². The number of carbonyl (C=O) groups excluding carboxylic acids is 1. The second kappa shape index (κ2) is 18.5. The summed E-state index contributed by atoms with van der Waals surface area (Å²) in [7, 11) is -9.35. The Balaban J connectivity index is 0.00000683. The van der Waals surface area contributed by atoms with Crippen LogP contribution in [0, 0.1) is 0 Å². The van der Waals surface area contributed by atoms with Crippen molar-refractivity contribution in [2.24, 2.45) is 0 Å². The van der Waals surface area contributed by atoms with Gasteiger partial charge in [0.25, 0.3) is 0 Å². The minimum absolute atomic E-state index is 0. The largest absolute Gasteiger partial charge is 1.00 e. The smallest absolute Gasteiger partial charge is 0.744 e. The van der Waals surface area contributed by atoms with Gasteiger partial charge in [-0.15, -0.1) is 0 Å². The monoisotopic (exact) mass is 862 g/mol. The van der Waals surface area contributed by atoms with Gasteiger partial charge in [0.15, 0.2) is 5.71 Å². The number of fused-ring (bicyclic) bond motifs is 2. The van der Waals surface area contributed by atoms with E-state index in [1.165, 1.54) is 30.5 Å². The molecule has 0 spiro atoms. The maximum atomic E-state index is 13.1. The summed E-state index contributed by atoms with van der Waals surface area (Å²) in [5.41, 5.74) is 10.1. The van der Waals surface area contributed by atoms with Gasteiger partial charge in [0.2, 0.25) is 11.6 Å². The van der Waals surface area contributed by atoms with Crippen molar-refractivity contribution < 1.29 is 69.6 Å². The summed E-state index contributed by atoms with van der Waals surface area (Å²) in [6, 6.07) is 17.8. The molecule has 0 radical (unpaired) electrons. The molecular weight excluding hydrogens is 816 g/mol. The molecule has 0 saturated carbocycles. The zero-order valence-corrected chi connectivity index (χ0v) is 38.1. The van der Waals surface area contributed by atoms with Crippen LogP contribution in [0.1, 0.15) is 70.6 Å². The molecule has 1 atom stereocenters. The number of nitrogens with zero attached hydrogens (tertiary/aromatic N) is 4. The maximum absolute atomic E-state index is 13.1. The standard InChI is InChI=1S/C43H48N6O8S2.Na/c1-6-48-35-20-18-31(58(51,52)53)26-33(35)42(3,4)37(48)15-9-8-10-16-38-43(5,34-27-32(59(54,55)56)19-21-36(34)49(38)7-2)23-12-17-40(50)46-28-29-13-11-14-30(25-29)57-41-45-24-22-39(44)47-41;/h8-11,13-16,18-22,24-27H,6-7,12,17,23,28H2,1-5H3,(H4-,44,45,46,47,50,51,52,53,54,55,56);/q;+1/p-1. The van der Waals surface area contributed by atoms with Crippen molar-refractivity contribution in [3.8, 4) is 11.8 Å². The summed E-state index contributed by atoms with van der Waals surface area (Å²) in [6.45, 7) is 11.4. The second-order valence-electron chi connectivity index (χ2n) is 15.0. The number of anilines is 2. The molecule has 14 nitrogen and oxygen atoms in total. The number of aromatic nitrogens is 2. The Bertz CT molecular complexity index is 2640. The molecule has 2 aliphatic rings. The van der Waals surface area contributed by atoms with Gasteiger partial charge >= 0.3 is 35.6 Å². The van der Waals surface area contributed by atoms with Crippen LogP contribution < -0.4 is 50.2 Å². The van der Waals surface area contributed by atoms with Gasteiger partial charge < -0.3 is 29.8 Å². The molecule has 3 N–H and O–H groups in total. The van der Waals surface area contributed by atoms with Crippen LogP contribution in [0.25, 0.3) is 0 Å². The van der Waals surface area contributed by atoms with Gasteiger partial charge in [-0.25, -0.2) is 21.8 Å². The summed E-state index contributed by atoms with van der Waals surface area (Å²) in [6.07, 6.45) is 12.2. The van der Waals surface area contributed by atoms with Gasteiger partial charge in [-0.1, -0.05) is 30.4 Å². The van der Waals surface area contributed by atoms with Gasteiger partial charge in [-0.2, -0.15) is 9.56 Å². The third-order valence-corrected chi connectivity index (χ3v) is 12.5. The predicted molar refractivity (Wildman–Crippen MR) is 223 cm³/mol. The van der Waals surface area contributed by atoms with Crippen LogP contribution in [0.4, 0.5) is 17.2 Å². The summed E-state index contributed by atoms with van der Waals surface area (Å²) in [5.74, 6) is 0.598. The molecule has 60 heavy (non-hydrogen) atoms. The van der Waals surface area contributed by atoms with E-state index >= 15 is 0 Å². The van der Waals surface area contributed by atoms with E-state index < -0.39 is 31.1 Å². The molecule has 0 saturated heterocycles. The summed E-state index contributed by atoms with van der Waals surface area (Å²) < 4.78 is 79.7. The van der Waals surface area contributed by atoms with Crippen LogP contribution in [0.15, 0.2) is 119 Å². The Morgan fingerprint density at radius 1 is 0.933 bits per heavy atom. The number of benzene rings is 3. The van der Waals surface area contributed by atoms with E-state index in [0.29, 0.717) is 37.2 Å². The molecule has 0 bridgehead atoms. The number of hydrogen-bond donors (Lipinski definition) is 2. The Morgan fingerprint density at radius 2 is 1.63 bits per heavy atom. The Labute approximate surface area is 373 Å². The first-order valence-electron chi connectivity index (χ1n) is 19.2. The summed E-state index contributed by atoms with van der Waals surface area (Å²) >= 11 is 0. The molecule has 3 aromatic carbocycles. The topological polar surface area (TPSA) is 211 Å². The predicted octanol–water partition coefficient (Wildman–Crippen LogP) is 3.34. The summed E-state index contributed by atoms with van der Waals surface area (Å²) in [5, 5.41) is 2.96. The van der Waals surface area contributed by atoms with E-state index in [9.17, 15) is 30.7 Å². The number of nitrogen functional groups attached to an aromatic ring is 1. The van der Waals surface area contributed by atoms with Crippen molar-refractivity contribution in [3.05, 3.63) is 126 Å². The Morgan fingerprint density at radius 3 is 2.30 bits per heavy atom. The van der Waals surface area contributed by atoms with Crippen LogP contribution in [0.2, 0.25) is 0 Å². The van der Waals surface area contributed by atoms with Crippen LogP contribution in [-0.2, 0) is 42.4 Å². The molecule has 3 heterocycles. The van der Waals surface area contributed by atoms with Crippen LogP contribution in [0.3, 0.4) is 0 Å². The molecular formula is C43H47N6NaO8S2. The number of rotatable bonds is 15. The molecule has 1 amide bonds. The fourth-order valence-electron chi connectivity index (χ4n) is 7.92. The number of carbonyl (C=O) groups is 1. The number of likely N-dealkylation sites (N-methyl/N-ethyl adjacent to an activating group) is 1. The first kappa shape index (κ1) is 46.4. The molecule has 310 valence electrons. The van der Waals surface area contributed by atoms with Gasteiger partial charge in [-0.3, -0.25) is 4.79 Å². The van der Waals surface area contributed by atoms with E-state index in [0.717, 1.165) is 33.9 Å². The number of ether oxygens (including phenoxy) is 1. The third-order valence-electron chi connectivity index (χ3n) is 10.8. The quantitative estimate of drug-likeness (QED) is 0.0763. The zero-order valence-electron chi connectivity index (χ0n) is 34.5. The molecule has 4 aromatic rings. The fourth-order valence-corrected chi connectivity index (χ4v) is 8.91. The second-order valence-corrected chi connectivity index (χ2v) is 17.8. The minimum atomic E-state index is -4.73. The van der Waals surface area contributed by atoms with Crippen LogP contribution >= 0.6 is 0 Å². The van der Waals surface area contributed by atoms with Gasteiger partial charge in [0.05, 0.1) is 15.2 Å². The van der Waals surface area contributed by atoms with Crippen molar-refractivity contribution in [2.75, 3.05) is 23.7 Å². The maximum Gasteiger partial charge on any atom is 1.00 e. The number of nitrogens with one attached hydrogen (secondary N) is 1. The van der Waals surface area contributed by atoms with Crippen molar-refractivity contribution in [3.63, 3.8) is 0 Å². The molecule has 1 aromatic heterocycles. The van der Waals surface area contributed by atoms with Crippen molar-refractivity contribution in [1.29, 1.82) is 0 Å². The first-order chi connectivity index (χ1) is 27.9. The molecule has 0 fully saturated rings. The normalized spacial score (nSPS) is 17.9. The van der Waals surface area contributed by atoms with Gasteiger partial charge in [0.1, 0.15) is 38.3 Å². The van der Waals surface area contributed by atoms with Crippen LogP contribution in [-0.4, -0.2) is 65.2 Å². The van der Waals surface area contributed by atoms with Gasteiger partial charge in [0, 0.05) is 60.2 Å². The number of amides is 1. The SMILES string of the molecule is CCN1/C(=C/C=C/C=C/C2=[N+](CC)c3ccc(S(=O)(=O)[O-])cc3C2(C)C)C(C)(CCCC(=O)NCc2cccc(Oc3nccc(N)n3)c2)c2cc(S(=O)(=O)[O-])ccc21.[Na+]. The van der Waals surface area contributed by atoms with Crippen molar-refractivity contribution in [1.82, 2.24) is 15.3 Å². The number of hydrogen-bond acceptors (Lipinski definition) is 12. The van der Waals surface area contributed by atoms with Gasteiger partial charge in [-0.05, 0) is 113 Å². The van der Waals surface area contributed by atoms with Crippen LogP contribution in [0.5, 0.6) is 11.8 Å². The average molecular weight is 863 g/mol. The Hall–Kier alpha value is -4.68. The molecule has 0 aliphatic carbocycles. The Kier molecular flexibility index (Phi) is 14.3. The summed E-state index contributed by atoms with van der Waals surface area (Å²) in [4.78, 5) is 22.7.